The number of carbonyl (C=O) groups is 1. The second-order valence-electron chi connectivity index (χ2n) is 8.79. The average Bonchev–Trinajstić information content (AvgIpc) is 2.84. The number of amides is 1. The van der Waals surface area contributed by atoms with Gasteiger partial charge in [0.05, 0.1) is 22.8 Å². The molecule has 1 amide bonds. The number of primary amides is 1. The summed E-state index contributed by atoms with van der Waals surface area (Å²) in [6.07, 6.45) is 6.05. The van der Waals surface area contributed by atoms with E-state index >= 15 is 0 Å². The van der Waals surface area contributed by atoms with Crippen molar-refractivity contribution in [3.05, 3.63) is 64.5 Å². The number of carbonyl (C=O) groups excluding carboxylic acids is 1. The number of rotatable bonds is 4. The van der Waals surface area contributed by atoms with Crippen LogP contribution in [0.1, 0.15) is 47.9 Å². The van der Waals surface area contributed by atoms with Crippen LogP contribution in [0.5, 0.6) is 0 Å². The molecule has 32 heavy (non-hydrogen) atoms. The van der Waals surface area contributed by atoms with E-state index in [1.165, 1.54) is 0 Å². The molecule has 2 aliphatic heterocycles. The summed E-state index contributed by atoms with van der Waals surface area (Å²) in [5.74, 6) is 0.568. The van der Waals surface area contributed by atoms with E-state index in [4.69, 9.17) is 10.7 Å². The van der Waals surface area contributed by atoms with Crippen LogP contribution in [0.3, 0.4) is 0 Å². The number of nitrogens with two attached hydrogens (primary N) is 1. The summed E-state index contributed by atoms with van der Waals surface area (Å²) in [7, 11) is 0. The number of benzene rings is 1. The van der Waals surface area contributed by atoms with Crippen molar-refractivity contribution in [2.45, 2.75) is 37.6 Å². The van der Waals surface area contributed by atoms with Crippen LogP contribution in [-0.2, 0) is 0 Å². The Morgan fingerprint density at radius 1 is 1.06 bits per heavy atom. The molecule has 2 fully saturated rings. The van der Waals surface area contributed by atoms with Gasteiger partial charge in [-0.05, 0) is 56.5 Å². The number of aromatic amines is 1. The fraction of sp³-hybridized carbons (Fsp3) is 0.417. The van der Waals surface area contributed by atoms with Crippen molar-refractivity contribution < 1.29 is 4.79 Å². The third-order valence-corrected chi connectivity index (χ3v) is 6.82. The maximum atomic E-state index is 12.5. The zero-order valence-corrected chi connectivity index (χ0v) is 18.0. The van der Waals surface area contributed by atoms with Gasteiger partial charge in [0, 0.05) is 31.6 Å². The van der Waals surface area contributed by atoms with Gasteiger partial charge in [-0.1, -0.05) is 12.1 Å². The van der Waals surface area contributed by atoms with Gasteiger partial charge in [-0.2, -0.15) is 0 Å². The molecule has 0 radical (unpaired) electrons. The second-order valence-corrected chi connectivity index (χ2v) is 8.79. The van der Waals surface area contributed by atoms with E-state index in [0.29, 0.717) is 17.1 Å². The predicted octanol–water partition coefficient (Wildman–Crippen LogP) is 2.27. The fourth-order valence-corrected chi connectivity index (χ4v) is 5.07. The van der Waals surface area contributed by atoms with Crippen molar-refractivity contribution in [1.82, 2.24) is 19.9 Å². The molecule has 1 aromatic carbocycles. The molecule has 2 saturated heterocycles. The van der Waals surface area contributed by atoms with E-state index in [0.717, 1.165) is 68.9 Å². The largest absolute Gasteiger partial charge is 0.370 e. The molecule has 8 heteroatoms. The molecule has 0 bridgehead atoms. The molecule has 8 nitrogen and oxygen atoms in total. The van der Waals surface area contributed by atoms with Gasteiger partial charge in [-0.25, -0.2) is 9.97 Å². The number of pyridine rings is 1. The van der Waals surface area contributed by atoms with Crippen LogP contribution < -0.4 is 16.2 Å². The lowest BCUT2D eigenvalue weighted by Gasteiger charge is -2.42. The van der Waals surface area contributed by atoms with Gasteiger partial charge < -0.3 is 15.6 Å². The Kier molecular flexibility index (Phi) is 5.61. The number of fused-ring (bicyclic) bond motifs is 1. The quantitative estimate of drug-likeness (QED) is 0.655. The minimum Gasteiger partial charge on any atom is -0.370 e. The van der Waals surface area contributed by atoms with Crippen LogP contribution in [0.15, 0.2) is 47.4 Å². The molecular formula is C24H28N6O2. The van der Waals surface area contributed by atoms with Gasteiger partial charge in [0.2, 0.25) is 0 Å². The van der Waals surface area contributed by atoms with E-state index in [1.54, 1.807) is 12.3 Å². The van der Waals surface area contributed by atoms with E-state index in [1.807, 2.05) is 30.3 Å². The van der Waals surface area contributed by atoms with Crippen molar-refractivity contribution >= 4 is 22.5 Å². The Morgan fingerprint density at radius 3 is 2.62 bits per heavy atom. The molecule has 0 spiro atoms. The normalized spacial score (nSPS) is 20.5. The number of anilines is 1. The molecule has 0 aliphatic carbocycles. The molecule has 2 aromatic heterocycles. The fourth-order valence-electron chi connectivity index (χ4n) is 5.07. The number of nitrogens with zero attached hydrogens (tertiary/aromatic N) is 4. The van der Waals surface area contributed by atoms with Gasteiger partial charge >= 0.3 is 0 Å². The van der Waals surface area contributed by atoms with Crippen LogP contribution in [-0.4, -0.2) is 58.0 Å². The van der Waals surface area contributed by atoms with Crippen LogP contribution in [0.4, 0.5) is 5.69 Å². The highest BCUT2D eigenvalue weighted by molar-refractivity contribution is 5.90. The molecule has 5 rings (SSSR count). The molecule has 1 unspecified atom stereocenters. The van der Waals surface area contributed by atoms with E-state index < -0.39 is 5.91 Å². The molecule has 2 aliphatic rings. The van der Waals surface area contributed by atoms with Crippen LogP contribution in [0.25, 0.3) is 10.9 Å². The second kappa shape index (κ2) is 8.70. The predicted molar refractivity (Wildman–Crippen MR) is 124 cm³/mol. The number of para-hydroxylation sites is 1. The van der Waals surface area contributed by atoms with Crippen molar-refractivity contribution in [2.75, 3.05) is 31.1 Å². The average molecular weight is 433 g/mol. The summed E-state index contributed by atoms with van der Waals surface area (Å²) in [4.78, 5) is 40.6. The highest BCUT2D eigenvalue weighted by atomic mass is 16.1. The van der Waals surface area contributed by atoms with Crippen molar-refractivity contribution in [1.29, 1.82) is 0 Å². The Morgan fingerprint density at radius 2 is 1.88 bits per heavy atom. The molecule has 1 atom stereocenters. The lowest BCUT2D eigenvalue weighted by atomic mass is 9.93. The summed E-state index contributed by atoms with van der Waals surface area (Å²) in [5.41, 5.74) is 7.33. The Balaban J connectivity index is 1.24. The highest BCUT2D eigenvalue weighted by Crippen LogP contribution is 2.29. The lowest BCUT2D eigenvalue weighted by Crippen LogP contribution is -2.48. The first kappa shape index (κ1) is 20.6. The van der Waals surface area contributed by atoms with Gasteiger partial charge in [-0.3, -0.25) is 14.5 Å². The SMILES string of the molecule is NC(=O)c1ccc(N2CCC(N3CCCC(c4nc5ccccc5c(=O)[nH]4)C3)CC2)cn1. The number of hydrogen-bond acceptors (Lipinski definition) is 6. The maximum absolute atomic E-state index is 12.5. The van der Waals surface area contributed by atoms with Crippen LogP contribution >= 0.6 is 0 Å². The minimum absolute atomic E-state index is 0.0491. The monoisotopic (exact) mass is 432 g/mol. The Labute approximate surface area is 186 Å². The molecule has 3 N–H and O–H groups in total. The van der Waals surface area contributed by atoms with Crippen molar-refractivity contribution in [3.63, 3.8) is 0 Å². The summed E-state index contributed by atoms with van der Waals surface area (Å²) in [6.45, 7) is 3.93. The molecule has 4 heterocycles. The summed E-state index contributed by atoms with van der Waals surface area (Å²) < 4.78 is 0. The van der Waals surface area contributed by atoms with E-state index in [9.17, 15) is 9.59 Å². The zero-order valence-electron chi connectivity index (χ0n) is 18.0. The van der Waals surface area contributed by atoms with Crippen molar-refractivity contribution in [2.24, 2.45) is 5.73 Å². The van der Waals surface area contributed by atoms with Crippen molar-refractivity contribution in [3.8, 4) is 0 Å². The Bertz CT molecular complexity index is 1170. The summed E-state index contributed by atoms with van der Waals surface area (Å²) >= 11 is 0. The number of nitrogens with one attached hydrogen (secondary N) is 1. The van der Waals surface area contributed by atoms with Gasteiger partial charge in [0.15, 0.2) is 0 Å². The van der Waals surface area contributed by atoms with Gasteiger partial charge in [-0.15, -0.1) is 0 Å². The first-order chi connectivity index (χ1) is 15.6. The Hall–Kier alpha value is -3.26. The molecule has 166 valence electrons. The third kappa shape index (κ3) is 4.10. The smallest absolute Gasteiger partial charge is 0.267 e. The lowest BCUT2D eigenvalue weighted by molar-refractivity contribution is 0.0995. The maximum Gasteiger partial charge on any atom is 0.267 e. The van der Waals surface area contributed by atoms with E-state index in [2.05, 4.69) is 19.8 Å². The molecule has 0 saturated carbocycles. The number of piperidine rings is 2. The first-order valence-electron chi connectivity index (χ1n) is 11.3. The van der Waals surface area contributed by atoms with E-state index in [-0.39, 0.29) is 11.5 Å². The summed E-state index contributed by atoms with van der Waals surface area (Å²) in [5, 5.41) is 0.648. The number of H-pyrrole nitrogens is 1. The van der Waals surface area contributed by atoms with Gasteiger partial charge in [0.25, 0.3) is 11.5 Å². The number of aromatic nitrogens is 3. The number of hydrogen-bond donors (Lipinski definition) is 2. The number of likely N-dealkylation sites (tertiary alicyclic amines) is 1. The van der Waals surface area contributed by atoms with Crippen LogP contribution in [0.2, 0.25) is 0 Å². The first-order valence-corrected chi connectivity index (χ1v) is 11.3. The minimum atomic E-state index is -0.503. The van der Waals surface area contributed by atoms with Crippen LogP contribution in [0, 0.1) is 0 Å². The third-order valence-electron chi connectivity index (χ3n) is 6.82. The topological polar surface area (TPSA) is 108 Å². The van der Waals surface area contributed by atoms with Gasteiger partial charge in [0.1, 0.15) is 11.5 Å². The standard InChI is InChI=1S/C24H28N6O2/c25-22(31)21-8-7-18(14-26-21)29-12-9-17(10-13-29)30-11-3-4-16(15-30)23-27-20-6-2-1-5-19(20)24(32)28-23/h1-2,5-8,14,16-17H,3-4,9-13,15H2,(H2,25,31)(H,27,28,32). The highest BCUT2D eigenvalue weighted by Gasteiger charge is 2.30. The zero-order chi connectivity index (χ0) is 22.1. The molecule has 3 aromatic rings. The molecular weight excluding hydrogens is 404 g/mol. The summed E-state index contributed by atoms with van der Waals surface area (Å²) in [6, 6.07) is 11.7.